The Morgan fingerprint density at radius 1 is 0.360 bits per heavy atom. The summed E-state index contributed by atoms with van der Waals surface area (Å²) in [6.45, 7) is 0. The second kappa shape index (κ2) is 11.6. The van der Waals surface area contributed by atoms with Gasteiger partial charge in [0.05, 0.1) is 0 Å². The second-order valence-electron chi connectivity index (χ2n) is 12.4. The number of hydrogen-bond donors (Lipinski definition) is 0. The minimum Gasteiger partial charge on any atom is -0.456 e. The fourth-order valence-electron chi connectivity index (χ4n) is 6.84. The fraction of sp³-hybridized carbons (Fsp3) is 0. The first-order valence-corrected chi connectivity index (χ1v) is 17.4. The molecule has 0 saturated carbocycles. The highest BCUT2D eigenvalue weighted by Gasteiger charge is 2.17. The molecule has 50 heavy (non-hydrogen) atoms. The SMILES string of the molecule is c1ccc(-c2ccc3c(c2)oc2cc(-c4ccc(-c5nc(-c6ccccc6)nc(-c6cccc7c6sc6ccccc67)n5)cc4)ccc23)cc1. The van der Waals surface area contributed by atoms with Crippen molar-refractivity contribution in [3.8, 4) is 56.4 Å². The van der Waals surface area contributed by atoms with E-state index in [1.807, 2.05) is 36.4 Å². The molecule has 0 unspecified atom stereocenters. The van der Waals surface area contributed by atoms with Crippen molar-refractivity contribution in [1.82, 2.24) is 15.0 Å². The maximum absolute atomic E-state index is 6.40. The molecule has 0 aliphatic rings. The second-order valence-corrected chi connectivity index (χ2v) is 13.5. The van der Waals surface area contributed by atoms with Gasteiger partial charge in [0, 0.05) is 47.6 Å². The minimum absolute atomic E-state index is 0.639. The number of furan rings is 1. The van der Waals surface area contributed by atoms with Crippen LogP contribution in [0.4, 0.5) is 0 Å². The summed E-state index contributed by atoms with van der Waals surface area (Å²) in [6, 6.07) is 56.8. The van der Waals surface area contributed by atoms with Crippen LogP contribution in [0.1, 0.15) is 0 Å². The molecule has 3 heterocycles. The van der Waals surface area contributed by atoms with Crippen molar-refractivity contribution in [2.24, 2.45) is 0 Å². The summed E-state index contributed by atoms with van der Waals surface area (Å²) in [5.41, 5.74) is 9.15. The van der Waals surface area contributed by atoms with Crippen molar-refractivity contribution < 1.29 is 4.42 Å². The van der Waals surface area contributed by atoms with Crippen molar-refractivity contribution in [2.45, 2.75) is 0 Å². The van der Waals surface area contributed by atoms with Crippen molar-refractivity contribution in [3.63, 3.8) is 0 Å². The van der Waals surface area contributed by atoms with Crippen LogP contribution in [0.25, 0.3) is 98.5 Å². The van der Waals surface area contributed by atoms with Gasteiger partial charge in [-0.05, 0) is 58.7 Å². The fourth-order valence-corrected chi connectivity index (χ4v) is 8.06. The van der Waals surface area contributed by atoms with E-state index in [2.05, 4.69) is 127 Å². The maximum atomic E-state index is 6.40. The summed E-state index contributed by atoms with van der Waals surface area (Å²) < 4.78 is 8.83. The third kappa shape index (κ3) is 4.87. The van der Waals surface area contributed by atoms with E-state index < -0.39 is 0 Å². The molecular formula is C45H27N3OS. The molecule has 10 rings (SSSR count). The van der Waals surface area contributed by atoms with Crippen LogP contribution in [-0.2, 0) is 0 Å². The first kappa shape index (κ1) is 28.6. The standard InChI is InChI=1S/C45H27N3OS/c1-3-10-28(11-4-1)32-22-24-34-35-25-23-33(27-40(35)49-39(34)26-32)29-18-20-31(21-19-29)44-46-43(30-12-5-2-6-13-30)47-45(48-44)38-16-9-15-37-36-14-7-8-17-41(36)50-42(37)38/h1-27H. The molecule has 0 fully saturated rings. The number of benzene rings is 7. The van der Waals surface area contributed by atoms with Gasteiger partial charge < -0.3 is 4.42 Å². The summed E-state index contributed by atoms with van der Waals surface area (Å²) in [6.07, 6.45) is 0. The molecule has 0 bridgehead atoms. The first-order valence-electron chi connectivity index (χ1n) is 16.6. The van der Waals surface area contributed by atoms with E-state index in [1.165, 1.54) is 25.7 Å². The molecule has 0 radical (unpaired) electrons. The zero-order valence-electron chi connectivity index (χ0n) is 26.7. The molecule has 0 amide bonds. The molecule has 10 aromatic rings. The monoisotopic (exact) mass is 657 g/mol. The lowest BCUT2D eigenvalue weighted by Gasteiger charge is -2.10. The van der Waals surface area contributed by atoms with Gasteiger partial charge in [-0.25, -0.2) is 15.0 Å². The number of nitrogens with zero attached hydrogens (tertiary/aromatic N) is 3. The van der Waals surface area contributed by atoms with Gasteiger partial charge >= 0.3 is 0 Å². The van der Waals surface area contributed by atoms with Gasteiger partial charge in [-0.3, -0.25) is 0 Å². The molecular weight excluding hydrogens is 631 g/mol. The molecule has 0 N–H and O–H groups in total. The number of hydrogen-bond acceptors (Lipinski definition) is 5. The van der Waals surface area contributed by atoms with Crippen LogP contribution in [0.3, 0.4) is 0 Å². The molecule has 7 aromatic carbocycles. The zero-order valence-corrected chi connectivity index (χ0v) is 27.6. The Morgan fingerprint density at radius 2 is 0.860 bits per heavy atom. The highest BCUT2D eigenvalue weighted by atomic mass is 32.1. The van der Waals surface area contributed by atoms with Crippen LogP contribution < -0.4 is 0 Å². The van der Waals surface area contributed by atoms with E-state index in [1.54, 1.807) is 11.3 Å². The number of thiophene rings is 1. The third-order valence-corrected chi connectivity index (χ3v) is 10.6. The molecule has 0 spiro atoms. The third-order valence-electron chi connectivity index (χ3n) is 9.37. The predicted octanol–water partition coefficient (Wildman–Crippen LogP) is 12.5. The van der Waals surface area contributed by atoms with Gasteiger partial charge in [0.25, 0.3) is 0 Å². The topological polar surface area (TPSA) is 51.8 Å². The summed E-state index contributed by atoms with van der Waals surface area (Å²) in [4.78, 5) is 15.1. The van der Waals surface area contributed by atoms with Gasteiger partial charge in [-0.1, -0.05) is 127 Å². The molecule has 0 aliphatic heterocycles. The van der Waals surface area contributed by atoms with Crippen molar-refractivity contribution >= 4 is 53.4 Å². The predicted molar refractivity (Wildman–Crippen MR) is 207 cm³/mol. The van der Waals surface area contributed by atoms with E-state index in [-0.39, 0.29) is 0 Å². The molecule has 5 heteroatoms. The zero-order chi connectivity index (χ0) is 33.0. The highest BCUT2D eigenvalue weighted by molar-refractivity contribution is 7.26. The Labute approximate surface area is 292 Å². The van der Waals surface area contributed by atoms with Crippen molar-refractivity contribution in [1.29, 1.82) is 0 Å². The van der Waals surface area contributed by atoms with Crippen LogP contribution in [-0.4, -0.2) is 15.0 Å². The molecule has 0 saturated heterocycles. The molecule has 4 nitrogen and oxygen atoms in total. The van der Waals surface area contributed by atoms with Crippen LogP contribution >= 0.6 is 11.3 Å². The van der Waals surface area contributed by atoms with Gasteiger partial charge in [-0.15, -0.1) is 11.3 Å². The van der Waals surface area contributed by atoms with Crippen molar-refractivity contribution in [3.05, 3.63) is 164 Å². The highest BCUT2D eigenvalue weighted by Crippen LogP contribution is 2.40. The molecule has 0 atom stereocenters. The van der Waals surface area contributed by atoms with Crippen molar-refractivity contribution in [2.75, 3.05) is 0 Å². The lowest BCUT2D eigenvalue weighted by molar-refractivity contribution is 0.669. The molecule has 0 aliphatic carbocycles. The van der Waals surface area contributed by atoms with Gasteiger partial charge in [-0.2, -0.15) is 0 Å². The Kier molecular flexibility index (Phi) is 6.64. The van der Waals surface area contributed by atoms with Gasteiger partial charge in [0.1, 0.15) is 11.2 Å². The summed E-state index contributed by atoms with van der Waals surface area (Å²) >= 11 is 1.78. The van der Waals surface area contributed by atoms with E-state index in [0.29, 0.717) is 17.5 Å². The Hall–Kier alpha value is -6.43. The first-order chi connectivity index (χ1) is 24.7. The molecule has 234 valence electrons. The number of rotatable bonds is 5. The minimum atomic E-state index is 0.639. The average Bonchev–Trinajstić information content (AvgIpc) is 3.76. The number of aromatic nitrogens is 3. The summed E-state index contributed by atoms with van der Waals surface area (Å²) in [5.74, 6) is 1.96. The Bertz CT molecular complexity index is 2860. The lowest BCUT2D eigenvalue weighted by atomic mass is 10.0. The Balaban J connectivity index is 1.04. The van der Waals surface area contributed by atoms with E-state index in [4.69, 9.17) is 19.4 Å². The van der Waals surface area contributed by atoms with E-state index in [0.717, 1.165) is 55.3 Å². The van der Waals surface area contributed by atoms with Crippen LogP contribution in [0, 0.1) is 0 Å². The Morgan fingerprint density at radius 3 is 1.54 bits per heavy atom. The van der Waals surface area contributed by atoms with E-state index in [9.17, 15) is 0 Å². The molecule has 3 aromatic heterocycles. The van der Waals surface area contributed by atoms with Gasteiger partial charge in [0.2, 0.25) is 0 Å². The average molecular weight is 658 g/mol. The smallest absolute Gasteiger partial charge is 0.165 e. The largest absolute Gasteiger partial charge is 0.456 e. The number of fused-ring (bicyclic) bond motifs is 6. The van der Waals surface area contributed by atoms with E-state index >= 15 is 0 Å². The van der Waals surface area contributed by atoms with Crippen LogP contribution in [0.2, 0.25) is 0 Å². The lowest BCUT2D eigenvalue weighted by Crippen LogP contribution is -2.00. The quantitative estimate of drug-likeness (QED) is 0.185. The van der Waals surface area contributed by atoms with Gasteiger partial charge in [0.15, 0.2) is 17.5 Å². The summed E-state index contributed by atoms with van der Waals surface area (Å²) in [5, 5.41) is 4.70. The van der Waals surface area contributed by atoms with Crippen LogP contribution in [0.15, 0.2) is 168 Å². The maximum Gasteiger partial charge on any atom is 0.165 e. The summed E-state index contributed by atoms with van der Waals surface area (Å²) in [7, 11) is 0. The normalized spacial score (nSPS) is 11.6. The van der Waals surface area contributed by atoms with Crippen LogP contribution in [0.5, 0.6) is 0 Å².